The molecule has 30 heavy (non-hydrogen) atoms. The van der Waals surface area contributed by atoms with Crippen molar-refractivity contribution in [3.05, 3.63) is 71.0 Å². The van der Waals surface area contributed by atoms with E-state index in [1.807, 2.05) is 41.9 Å². The zero-order valence-electron chi connectivity index (χ0n) is 16.4. The molecule has 0 atom stereocenters. The number of hydrazone groups is 1. The summed E-state index contributed by atoms with van der Waals surface area (Å²) >= 11 is 7.22. The molecular formula is C21H20ClN5O2S. The summed E-state index contributed by atoms with van der Waals surface area (Å²) in [6.45, 7) is 0.874. The Morgan fingerprint density at radius 2 is 1.90 bits per heavy atom. The number of halogens is 1. The number of nitrogens with zero attached hydrogens (tertiary/aromatic N) is 5. The molecule has 4 rings (SSSR count). The third-order valence-electron chi connectivity index (χ3n) is 4.63. The van der Waals surface area contributed by atoms with E-state index in [4.69, 9.17) is 16.3 Å². The van der Waals surface area contributed by atoms with Gasteiger partial charge in [0.25, 0.3) is 5.91 Å². The predicted octanol–water partition coefficient (Wildman–Crippen LogP) is 3.78. The van der Waals surface area contributed by atoms with Gasteiger partial charge >= 0.3 is 0 Å². The lowest BCUT2D eigenvalue weighted by molar-refractivity contribution is -0.127. The van der Waals surface area contributed by atoms with Crippen molar-refractivity contribution in [3.63, 3.8) is 0 Å². The quantitative estimate of drug-likeness (QED) is 0.522. The maximum atomic E-state index is 12.6. The van der Waals surface area contributed by atoms with Crippen molar-refractivity contribution in [2.45, 2.75) is 18.2 Å². The fraction of sp³-hybridized carbons (Fsp3) is 0.238. The molecule has 1 amide bonds. The number of hydrogen-bond donors (Lipinski definition) is 0. The van der Waals surface area contributed by atoms with Gasteiger partial charge in [0, 0.05) is 18.5 Å². The highest BCUT2D eigenvalue weighted by Crippen LogP contribution is 2.21. The molecule has 0 spiro atoms. The second-order valence-electron chi connectivity index (χ2n) is 6.67. The molecule has 1 aliphatic heterocycles. The lowest BCUT2D eigenvalue weighted by Crippen LogP contribution is -2.25. The van der Waals surface area contributed by atoms with E-state index in [1.165, 1.54) is 16.8 Å². The van der Waals surface area contributed by atoms with E-state index in [-0.39, 0.29) is 18.3 Å². The third-order valence-corrected chi connectivity index (χ3v) is 5.89. The third kappa shape index (κ3) is 4.83. The van der Waals surface area contributed by atoms with Crippen molar-refractivity contribution in [2.24, 2.45) is 12.1 Å². The largest absolute Gasteiger partial charge is 0.486 e. The molecule has 0 fully saturated rings. The van der Waals surface area contributed by atoms with Crippen LogP contribution < -0.4 is 4.74 Å². The van der Waals surface area contributed by atoms with Gasteiger partial charge in [-0.1, -0.05) is 53.7 Å². The Morgan fingerprint density at radius 3 is 2.67 bits per heavy atom. The van der Waals surface area contributed by atoms with Crippen LogP contribution in [-0.4, -0.2) is 43.7 Å². The van der Waals surface area contributed by atoms with Crippen LogP contribution in [0, 0.1) is 0 Å². The van der Waals surface area contributed by atoms with E-state index in [0.717, 1.165) is 17.7 Å². The Morgan fingerprint density at radius 1 is 1.13 bits per heavy atom. The maximum Gasteiger partial charge on any atom is 0.253 e. The van der Waals surface area contributed by atoms with Crippen molar-refractivity contribution < 1.29 is 9.53 Å². The maximum absolute atomic E-state index is 12.6. The average Bonchev–Trinajstić information content (AvgIpc) is 3.40. The van der Waals surface area contributed by atoms with E-state index in [9.17, 15) is 4.79 Å². The fourth-order valence-corrected chi connectivity index (χ4v) is 3.87. The molecule has 9 heteroatoms. The van der Waals surface area contributed by atoms with Gasteiger partial charge in [-0.05, 0) is 29.8 Å². The molecule has 0 aliphatic carbocycles. The van der Waals surface area contributed by atoms with E-state index < -0.39 is 0 Å². The van der Waals surface area contributed by atoms with Crippen LogP contribution in [0.2, 0.25) is 5.02 Å². The zero-order valence-corrected chi connectivity index (χ0v) is 17.9. The van der Waals surface area contributed by atoms with Gasteiger partial charge < -0.3 is 9.30 Å². The second kappa shape index (κ2) is 9.32. The summed E-state index contributed by atoms with van der Waals surface area (Å²) in [4.78, 5) is 12.6. The number of rotatable bonds is 7. The molecule has 0 radical (unpaired) electrons. The first kappa shape index (κ1) is 20.4. The van der Waals surface area contributed by atoms with Crippen LogP contribution in [0.1, 0.15) is 17.8 Å². The van der Waals surface area contributed by atoms with Gasteiger partial charge in [-0.15, -0.1) is 10.2 Å². The van der Waals surface area contributed by atoms with Crippen LogP contribution in [0.3, 0.4) is 0 Å². The highest BCUT2D eigenvalue weighted by molar-refractivity contribution is 7.99. The zero-order chi connectivity index (χ0) is 20.9. The SMILES string of the molecule is Cn1c(COc2ccc(Cl)cc2)nnc1SCC(=O)N1CCC(c2ccccc2)=N1. The summed E-state index contributed by atoms with van der Waals surface area (Å²) in [7, 11) is 1.86. The number of carbonyl (C=O) groups is 1. The molecule has 2 aromatic carbocycles. The normalized spacial score (nSPS) is 13.4. The minimum atomic E-state index is -0.0482. The van der Waals surface area contributed by atoms with Gasteiger partial charge in [0.2, 0.25) is 0 Å². The number of hydrogen-bond acceptors (Lipinski definition) is 6. The number of thioether (sulfide) groups is 1. The van der Waals surface area contributed by atoms with Crippen molar-refractivity contribution in [3.8, 4) is 5.75 Å². The van der Waals surface area contributed by atoms with Gasteiger partial charge in [0.1, 0.15) is 12.4 Å². The number of benzene rings is 2. The topological polar surface area (TPSA) is 72.6 Å². The first-order chi connectivity index (χ1) is 14.6. The molecule has 1 aromatic heterocycles. The molecule has 0 unspecified atom stereocenters. The smallest absolute Gasteiger partial charge is 0.253 e. The minimum absolute atomic E-state index is 0.0482. The standard InChI is InChI=1S/C21H20ClN5O2S/c1-26-19(13-29-17-9-7-16(22)8-10-17)23-24-21(26)30-14-20(28)27-12-11-18(25-27)15-5-3-2-4-6-15/h2-10H,11-14H2,1H3. The summed E-state index contributed by atoms with van der Waals surface area (Å²) in [5.74, 6) is 1.57. The highest BCUT2D eigenvalue weighted by atomic mass is 35.5. The van der Waals surface area contributed by atoms with Gasteiger partial charge in [-0.2, -0.15) is 5.10 Å². The highest BCUT2D eigenvalue weighted by Gasteiger charge is 2.22. The molecule has 0 N–H and O–H groups in total. The molecule has 0 bridgehead atoms. The Hall–Kier alpha value is -2.84. The molecule has 1 aliphatic rings. The second-order valence-corrected chi connectivity index (χ2v) is 8.05. The summed E-state index contributed by atoms with van der Waals surface area (Å²) in [6, 6.07) is 17.1. The van der Waals surface area contributed by atoms with Crippen molar-refractivity contribution in [1.82, 2.24) is 19.8 Å². The number of aromatic nitrogens is 3. The van der Waals surface area contributed by atoms with Crippen LogP contribution in [0.25, 0.3) is 0 Å². The van der Waals surface area contributed by atoms with Crippen molar-refractivity contribution >= 4 is 35.0 Å². The van der Waals surface area contributed by atoms with Crippen LogP contribution in [0.5, 0.6) is 5.75 Å². The Balaban J connectivity index is 1.31. The Bertz CT molecular complexity index is 1050. The summed E-state index contributed by atoms with van der Waals surface area (Å²) in [5, 5.41) is 15.7. The summed E-state index contributed by atoms with van der Waals surface area (Å²) in [6.07, 6.45) is 0.760. The monoisotopic (exact) mass is 441 g/mol. The van der Waals surface area contributed by atoms with E-state index in [2.05, 4.69) is 15.3 Å². The molecule has 3 aromatic rings. The first-order valence-electron chi connectivity index (χ1n) is 9.43. The van der Waals surface area contributed by atoms with Crippen molar-refractivity contribution in [1.29, 1.82) is 0 Å². The lowest BCUT2D eigenvalue weighted by Gasteiger charge is -2.11. The molecular weight excluding hydrogens is 422 g/mol. The van der Waals surface area contributed by atoms with Gasteiger partial charge in [0.15, 0.2) is 11.0 Å². The van der Waals surface area contributed by atoms with E-state index >= 15 is 0 Å². The molecule has 0 saturated carbocycles. The van der Waals surface area contributed by atoms with Gasteiger partial charge in [-0.3, -0.25) is 4.79 Å². The van der Waals surface area contributed by atoms with Crippen LogP contribution >= 0.6 is 23.4 Å². The number of carbonyl (C=O) groups excluding carboxylic acids is 1. The van der Waals surface area contributed by atoms with Crippen LogP contribution in [0.15, 0.2) is 64.9 Å². The van der Waals surface area contributed by atoms with Crippen molar-refractivity contribution in [2.75, 3.05) is 12.3 Å². The van der Waals surface area contributed by atoms with Gasteiger partial charge in [0.05, 0.1) is 18.0 Å². The lowest BCUT2D eigenvalue weighted by atomic mass is 10.1. The summed E-state index contributed by atoms with van der Waals surface area (Å²) < 4.78 is 7.55. The van der Waals surface area contributed by atoms with Crippen LogP contribution in [-0.2, 0) is 18.4 Å². The predicted molar refractivity (Wildman–Crippen MR) is 117 cm³/mol. The molecule has 0 saturated heterocycles. The first-order valence-corrected chi connectivity index (χ1v) is 10.8. The number of ether oxygens (including phenoxy) is 1. The molecule has 154 valence electrons. The van der Waals surface area contributed by atoms with Gasteiger partial charge in [-0.25, -0.2) is 5.01 Å². The Kier molecular flexibility index (Phi) is 6.35. The summed E-state index contributed by atoms with van der Waals surface area (Å²) in [5.41, 5.74) is 1.99. The van der Waals surface area contributed by atoms with Crippen LogP contribution in [0.4, 0.5) is 0 Å². The molecule has 2 heterocycles. The fourth-order valence-electron chi connectivity index (χ4n) is 2.95. The minimum Gasteiger partial charge on any atom is -0.486 e. The average molecular weight is 442 g/mol. The van der Waals surface area contributed by atoms with E-state index in [1.54, 1.807) is 24.3 Å². The number of amides is 1. The molecule has 7 nitrogen and oxygen atoms in total. The Labute approximate surface area is 183 Å². The van der Waals surface area contributed by atoms with E-state index in [0.29, 0.717) is 28.3 Å².